The molecule has 1 aliphatic rings. The van der Waals surface area contributed by atoms with Crippen LogP contribution in [0.3, 0.4) is 0 Å². The van der Waals surface area contributed by atoms with Gasteiger partial charge in [0.2, 0.25) is 5.91 Å². The smallest absolute Gasteiger partial charge is 0.253 e. The standard InChI is InChI=1S/C22H29N5O2S.HI/c1-23-22(25-14-16-4-6-17(7-5-16)21(29)26(2)3)24-11-8-20(28)27-12-9-19-18(15-27)10-13-30-19;/h4-7,10,13H,8-9,11-12,14-15H2,1-3H3,(H2,23,24,25);1H. The molecule has 1 aromatic heterocycles. The van der Waals surface area contributed by atoms with Gasteiger partial charge in [0.05, 0.1) is 0 Å². The van der Waals surface area contributed by atoms with Gasteiger partial charge in [-0.05, 0) is 41.1 Å². The molecule has 3 rings (SSSR count). The number of hydrogen-bond donors (Lipinski definition) is 2. The Morgan fingerprint density at radius 1 is 1.16 bits per heavy atom. The van der Waals surface area contributed by atoms with E-state index in [0.717, 1.165) is 25.1 Å². The molecule has 31 heavy (non-hydrogen) atoms. The first-order valence-corrected chi connectivity index (χ1v) is 10.9. The Labute approximate surface area is 204 Å². The van der Waals surface area contributed by atoms with Crippen LogP contribution in [0, 0.1) is 0 Å². The average Bonchev–Trinajstić information content (AvgIpc) is 3.23. The van der Waals surface area contributed by atoms with Gasteiger partial charge >= 0.3 is 0 Å². The molecule has 0 bridgehead atoms. The summed E-state index contributed by atoms with van der Waals surface area (Å²) in [6.45, 7) is 2.63. The minimum absolute atomic E-state index is 0. The SMILES string of the molecule is CN=C(NCCC(=O)N1CCc2sccc2C1)NCc1ccc(C(=O)N(C)C)cc1.I. The molecule has 1 aliphatic heterocycles. The highest BCUT2D eigenvalue weighted by Gasteiger charge is 2.21. The third kappa shape index (κ3) is 6.93. The maximum atomic E-state index is 12.5. The van der Waals surface area contributed by atoms with Crippen LogP contribution >= 0.6 is 35.3 Å². The number of carbonyl (C=O) groups excluding carboxylic acids is 2. The fraction of sp³-hybridized carbons (Fsp3) is 0.409. The summed E-state index contributed by atoms with van der Waals surface area (Å²) in [4.78, 5) is 33.6. The molecule has 0 radical (unpaired) electrons. The molecule has 0 aliphatic carbocycles. The molecule has 0 fully saturated rings. The van der Waals surface area contributed by atoms with Crippen molar-refractivity contribution in [2.24, 2.45) is 4.99 Å². The Morgan fingerprint density at radius 3 is 2.58 bits per heavy atom. The predicted molar refractivity (Wildman–Crippen MR) is 136 cm³/mol. The largest absolute Gasteiger partial charge is 0.356 e. The van der Waals surface area contributed by atoms with E-state index in [1.165, 1.54) is 10.4 Å². The van der Waals surface area contributed by atoms with E-state index in [0.29, 0.717) is 31.0 Å². The highest BCUT2D eigenvalue weighted by Crippen LogP contribution is 2.24. The lowest BCUT2D eigenvalue weighted by atomic mass is 10.1. The molecular formula is C22H30IN5O2S. The summed E-state index contributed by atoms with van der Waals surface area (Å²) in [5, 5.41) is 8.54. The van der Waals surface area contributed by atoms with Crippen molar-refractivity contribution in [1.82, 2.24) is 20.4 Å². The van der Waals surface area contributed by atoms with Crippen molar-refractivity contribution < 1.29 is 9.59 Å². The van der Waals surface area contributed by atoms with Crippen LogP contribution in [0.15, 0.2) is 40.7 Å². The number of guanidine groups is 1. The van der Waals surface area contributed by atoms with Gasteiger partial charge in [-0.15, -0.1) is 35.3 Å². The van der Waals surface area contributed by atoms with Gasteiger partial charge in [0.25, 0.3) is 5.91 Å². The monoisotopic (exact) mass is 555 g/mol. The van der Waals surface area contributed by atoms with Crippen LogP contribution in [-0.4, -0.2) is 61.8 Å². The highest BCUT2D eigenvalue weighted by atomic mass is 127. The second-order valence-corrected chi connectivity index (χ2v) is 8.43. The molecule has 0 saturated heterocycles. The number of benzene rings is 1. The molecular weight excluding hydrogens is 525 g/mol. The second-order valence-electron chi connectivity index (χ2n) is 7.43. The van der Waals surface area contributed by atoms with Crippen LogP contribution in [0.25, 0.3) is 0 Å². The minimum Gasteiger partial charge on any atom is -0.356 e. The number of amides is 2. The van der Waals surface area contributed by atoms with Gasteiger partial charge in [-0.3, -0.25) is 14.6 Å². The molecule has 0 spiro atoms. The van der Waals surface area contributed by atoms with Gasteiger partial charge in [0, 0.05) is 64.2 Å². The maximum absolute atomic E-state index is 12.5. The maximum Gasteiger partial charge on any atom is 0.253 e. The van der Waals surface area contributed by atoms with E-state index >= 15 is 0 Å². The van der Waals surface area contributed by atoms with E-state index in [1.54, 1.807) is 37.4 Å². The number of hydrogen-bond acceptors (Lipinski definition) is 4. The van der Waals surface area contributed by atoms with Crippen molar-refractivity contribution in [2.75, 3.05) is 34.2 Å². The molecule has 168 valence electrons. The third-order valence-corrected chi connectivity index (χ3v) is 6.11. The lowest BCUT2D eigenvalue weighted by Gasteiger charge is -2.27. The first-order valence-electron chi connectivity index (χ1n) is 10.1. The lowest BCUT2D eigenvalue weighted by Crippen LogP contribution is -2.40. The van der Waals surface area contributed by atoms with E-state index < -0.39 is 0 Å². The van der Waals surface area contributed by atoms with Crippen LogP contribution in [-0.2, 0) is 24.3 Å². The van der Waals surface area contributed by atoms with Gasteiger partial charge < -0.3 is 20.4 Å². The number of fused-ring (bicyclic) bond motifs is 1. The summed E-state index contributed by atoms with van der Waals surface area (Å²) in [6.07, 6.45) is 1.38. The van der Waals surface area contributed by atoms with Gasteiger partial charge in [0.15, 0.2) is 5.96 Å². The number of halogens is 1. The minimum atomic E-state index is -0.0134. The van der Waals surface area contributed by atoms with Crippen molar-refractivity contribution in [3.63, 3.8) is 0 Å². The van der Waals surface area contributed by atoms with Crippen molar-refractivity contribution in [2.45, 2.75) is 25.9 Å². The Balaban J connectivity index is 0.00000341. The second kappa shape index (κ2) is 12.0. The van der Waals surface area contributed by atoms with Crippen LogP contribution in [0.5, 0.6) is 0 Å². The summed E-state index contributed by atoms with van der Waals surface area (Å²) >= 11 is 1.78. The zero-order valence-electron chi connectivity index (χ0n) is 18.2. The van der Waals surface area contributed by atoms with E-state index in [-0.39, 0.29) is 35.8 Å². The average molecular weight is 555 g/mol. The van der Waals surface area contributed by atoms with Crippen molar-refractivity contribution in [3.05, 3.63) is 57.3 Å². The van der Waals surface area contributed by atoms with Crippen LogP contribution in [0.4, 0.5) is 0 Å². The molecule has 0 unspecified atom stereocenters. The Morgan fingerprint density at radius 2 is 1.90 bits per heavy atom. The summed E-state index contributed by atoms with van der Waals surface area (Å²) < 4.78 is 0. The molecule has 0 saturated carbocycles. The molecule has 2 N–H and O–H groups in total. The number of carbonyl (C=O) groups is 2. The molecule has 1 aromatic carbocycles. The number of aliphatic imine (C=N–C) groups is 1. The highest BCUT2D eigenvalue weighted by molar-refractivity contribution is 14.0. The number of nitrogens with one attached hydrogen (secondary N) is 2. The normalized spacial score (nSPS) is 13.1. The van der Waals surface area contributed by atoms with E-state index in [2.05, 4.69) is 27.1 Å². The summed E-state index contributed by atoms with van der Waals surface area (Å²) in [5.74, 6) is 0.798. The summed E-state index contributed by atoms with van der Waals surface area (Å²) in [7, 11) is 5.18. The Kier molecular flexibility index (Phi) is 9.76. The van der Waals surface area contributed by atoms with Gasteiger partial charge in [-0.25, -0.2) is 0 Å². The quantitative estimate of drug-likeness (QED) is 0.327. The zero-order chi connectivity index (χ0) is 21.5. The third-order valence-electron chi connectivity index (χ3n) is 5.08. The molecule has 2 aromatic rings. The number of rotatable bonds is 6. The lowest BCUT2D eigenvalue weighted by molar-refractivity contribution is -0.131. The van der Waals surface area contributed by atoms with Gasteiger partial charge in [-0.1, -0.05) is 12.1 Å². The molecule has 2 amide bonds. The van der Waals surface area contributed by atoms with E-state index in [1.807, 2.05) is 29.2 Å². The summed E-state index contributed by atoms with van der Waals surface area (Å²) in [6, 6.07) is 9.62. The fourth-order valence-electron chi connectivity index (χ4n) is 3.34. The van der Waals surface area contributed by atoms with Gasteiger partial charge in [-0.2, -0.15) is 0 Å². The number of thiophene rings is 1. The van der Waals surface area contributed by atoms with Crippen molar-refractivity contribution in [1.29, 1.82) is 0 Å². The van der Waals surface area contributed by atoms with Gasteiger partial charge in [0.1, 0.15) is 0 Å². The first-order chi connectivity index (χ1) is 14.5. The van der Waals surface area contributed by atoms with Crippen molar-refractivity contribution in [3.8, 4) is 0 Å². The Bertz CT molecular complexity index is 911. The predicted octanol–water partition coefficient (Wildman–Crippen LogP) is 2.71. The van der Waals surface area contributed by atoms with Crippen LogP contribution in [0.1, 0.15) is 32.8 Å². The van der Waals surface area contributed by atoms with Crippen LogP contribution < -0.4 is 10.6 Å². The van der Waals surface area contributed by atoms with E-state index in [9.17, 15) is 9.59 Å². The first kappa shape index (κ1) is 25.1. The summed E-state index contributed by atoms with van der Waals surface area (Å²) in [5.41, 5.74) is 2.99. The topological polar surface area (TPSA) is 77.0 Å². The fourth-order valence-corrected chi connectivity index (χ4v) is 4.23. The molecule has 2 heterocycles. The Hall–Kier alpha value is -2.14. The molecule has 9 heteroatoms. The van der Waals surface area contributed by atoms with Crippen LogP contribution in [0.2, 0.25) is 0 Å². The molecule has 0 atom stereocenters. The van der Waals surface area contributed by atoms with Crippen molar-refractivity contribution >= 4 is 53.1 Å². The zero-order valence-corrected chi connectivity index (χ0v) is 21.3. The number of nitrogens with zero attached hydrogens (tertiary/aromatic N) is 3. The van der Waals surface area contributed by atoms with E-state index in [4.69, 9.17) is 0 Å². The molecule has 7 nitrogen and oxygen atoms in total.